The van der Waals surface area contributed by atoms with E-state index in [2.05, 4.69) is 25.6 Å². The van der Waals surface area contributed by atoms with Crippen molar-refractivity contribution in [2.75, 3.05) is 20.6 Å². The van der Waals surface area contributed by atoms with Crippen LogP contribution in [0, 0.1) is 12.7 Å². The molecule has 1 fully saturated rings. The molecule has 1 saturated carbocycles. The van der Waals surface area contributed by atoms with Crippen LogP contribution < -0.4 is 5.32 Å². The molecule has 2 aromatic rings. The minimum absolute atomic E-state index is 0. The van der Waals surface area contributed by atoms with Gasteiger partial charge in [-0.25, -0.2) is 9.37 Å². The normalized spacial score (nSPS) is 15.4. The van der Waals surface area contributed by atoms with Crippen LogP contribution in [0.15, 0.2) is 34.6 Å². The highest BCUT2D eigenvalue weighted by atomic mass is 127. The molecule has 0 bridgehead atoms. The van der Waals surface area contributed by atoms with Gasteiger partial charge in [-0.15, -0.1) is 35.3 Å². The van der Waals surface area contributed by atoms with Crippen LogP contribution >= 0.6 is 35.3 Å². The summed E-state index contributed by atoms with van der Waals surface area (Å²) in [7, 11) is 3.79. The van der Waals surface area contributed by atoms with Crippen LogP contribution in [0.25, 0.3) is 0 Å². The van der Waals surface area contributed by atoms with Gasteiger partial charge in [0, 0.05) is 31.4 Å². The number of halogens is 2. The van der Waals surface area contributed by atoms with Crippen LogP contribution in [0.1, 0.15) is 29.1 Å². The molecular formula is C18H24FIN4S. The van der Waals surface area contributed by atoms with Gasteiger partial charge in [0.1, 0.15) is 5.82 Å². The summed E-state index contributed by atoms with van der Waals surface area (Å²) in [5.41, 5.74) is 2.16. The van der Waals surface area contributed by atoms with Crippen molar-refractivity contribution in [2.45, 2.75) is 31.7 Å². The third-order valence-electron chi connectivity index (χ3n) is 4.51. The summed E-state index contributed by atoms with van der Waals surface area (Å²) in [5.74, 6) is 0.669. The number of thiazole rings is 1. The molecule has 0 saturated heterocycles. The fourth-order valence-electron chi connectivity index (χ4n) is 2.97. The van der Waals surface area contributed by atoms with Crippen molar-refractivity contribution in [3.63, 3.8) is 0 Å². The Labute approximate surface area is 169 Å². The average Bonchev–Trinajstić information content (AvgIpc) is 3.24. The maximum absolute atomic E-state index is 13.5. The highest BCUT2D eigenvalue weighted by Gasteiger charge is 2.44. The monoisotopic (exact) mass is 474 g/mol. The number of rotatable bonds is 5. The molecular weight excluding hydrogens is 450 g/mol. The lowest BCUT2D eigenvalue weighted by atomic mass is 9.96. The molecule has 1 N–H and O–H groups in total. The van der Waals surface area contributed by atoms with Crippen molar-refractivity contribution in [2.24, 2.45) is 4.99 Å². The Morgan fingerprint density at radius 3 is 2.76 bits per heavy atom. The Bertz CT molecular complexity index is 742. The first-order chi connectivity index (χ1) is 11.5. The number of benzene rings is 1. The summed E-state index contributed by atoms with van der Waals surface area (Å²) >= 11 is 1.66. The molecule has 0 aliphatic heterocycles. The highest BCUT2D eigenvalue weighted by Crippen LogP contribution is 2.47. The van der Waals surface area contributed by atoms with E-state index in [0.29, 0.717) is 0 Å². The molecule has 4 nitrogen and oxygen atoms in total. The van der Waals surface area contributed by atoms with Gasteiger partial charge in [-0.1, -0.05) is 12.1 Å². The molecule has 0 atom stereocenters. The van der Waals surface area contributed by atoms with Crippen LogP contribution in [-0.2, 0) is 12.0 Å². The third-order valence-corrected chi connectivity index (χ3v) is 5.34. The third kappa shape index (κ3) is 4.91. The van der Waals surface area contributed by atoms with Gasteiger partial charge in [0.2, 0.25) is 0 Å². The zero-order valence-corrected chi connectivity index (χ0v) is 17.9. The van der Waals surface area contributed by atoms with E-state index in [0.717, 1.165) is 48.2 Å². The fraction of sp³-hybridized carbons (Fsp3) is 0.444. The molecule has 7 heteroatoms. The second-order valence-electron chi connectivity index (χ2n) is 6.41. The van der Waals surface area contributed by atoms with E-state index < -0.39 is 0 Å². The smallest absolute Gasteiger partial charge is 0.193 e. The van der Waals surface area contributed by atoms with Gasteiger partial charge in [0.15, 0.2) is 5.96 Å². The number of hydrogen-bond donors (Lipinski definition) is 1. The predicted octanol–water partition coefficient (Wildman–Crippen LogP) is 3.95. The highest BCUT2D eigenvalue weighted by molar-refractivity contribution is 14.0. The summed E-state index contributed by atoms with van der Waals surface area (Å²) in [5, 5.41) is 6.60. The number of aromatic nitrogens is 1. The fourth-order valence-corrected chi connectivity index (χ4v) is 3.57. The minimum atomic E-state index is -0.167. The first-order valence-electron chi connectivity index (χ1n) is 8.11. The first-order valence-corrected chi connectivity index (χ1v) is 8.99. The summed E-state index contributed by atoms with van der Waals surface area (Å²) in [6, 6.07) is 6.95. The predicted molar refractivity (Wildman–Crippen MR) is 112 cm³/mol. The van der Waals surface area contributed by atoms with E-state index in [1.165, 1.54) is 6.07 Å². The van der Waals surface area contributed by atoms with Crippen LogP contribution in [0.4, 0.5) is 4.39 Å². The second-order valence-corrected chi connectivity index (χ2v) is 7.47. The number of hydrogen-bond acceptors (Lipinski definition) is 3. The van der Waals surface area contributed by atoms with Gasteiger partial charge < -0.3 is 10.2 Å². The van der Waals surface area contributed by atoms with Gasteiger partial charge in [-0.05, 0) is 37.5 Å². The van der Waals surface area contributed by atoms with Crippen LogP contribution in [-0.4, -0.2) is 36.5 Å². The van der Waals surface area contributed by atoms with Gasteiger partial charge in [0.25, 0.3) is 0 Å². The lowest BCUT2D eigenvalue weighted by molar-refractivity contribution is 0.464. The maximum Gasteiger partial charge on any atom is 0.193 e. The number of nitrogens with one attached hydrogen (secondary N) is 1. The molecule has 1 aliphatic rings. The van der Waals surface area contributed by atoms with E-state index in [9.17, 15) is 4.39 Å². The molecule has 1 aliphatic carbocycles. The number of guanidine groups is 1. The van der Waals surface area contributed by atoms with Crippen molar-refractivity contribution in [1.82, 2.24) is 15.2 Å². The summed E-state index contributed by atoms with van der Waals surface area (Å²) in [6.07, 6.45) is 2.16. The molecule has 0 spiro atoms. The quantitative estimate of drug-likeness (QED) is 0.406. The molecule has 1 aromatic carbocycles. The Morgan fingerprint density at radius 1 is 1.44 bits per heavy atom. The lowest BCUT2D eigenvalue weighted by Crippen LogP contribution is -2.42. The van der Waals surface area contributed by atoms with Crippen molar-refractivity contribution < 1.29 is 4.39 Å². The second kappa shape index (κ2) is 8.44. The molecule has 0 radical (unpaired) electrons. The Hall–Kier alpha value is -1.22. The van der Waals surface area contributed by atoms with Crippen molar-refractivity contribution in [1.29, 1.82) is 0 Å². The van der Waals surface area contributed by atoms with E-state index >= 15 is 0 Å². The Kier molecular flexibility index (Phi) is 6.79. The molecule has 136 valence electrons. The number of aliphatic imine (C=N–C) groups is 1. The van der Waals surface area contributed by atoms with Crippen molar-refractivity contribution >= 4 is 41.3 Å². The van der Waals surface area contributed by atoms with Crippen LogP contribution in [0.2, 0.25) is 0 Å². The largest absolute Gasteiger partial charge is 0.355 e. The average molecular weight is 474 g/mol. The maximum atomic E-state index is 13.5. The van der Waals surface area contributed by atoms with E-state index in [4.69, 9.17) is 0 Å². The topological polar surface area (TPSA) is 40.5 Å². The van der Waals surface area contributed by atoms with Crippen molar-refractivity contribution in [3.05, 3.63) is 51.7 Å². The molecule has 1 heterocycles. The number of nitrogens with zero attached hydrogens (tertiary/aromatic N) is 3. The SMILES string of the molecule is CN=C(NCC1(c2cccc(F)c2)CC1)N(C)Cc1csc(C)n1.I. The Morgan fingerprint density at radius 2 is 2.20 bits per heavy atom. The summed E-state index contributed by atoms with van der Waals surface area (Å²) < 4.78 is 13.5. The van der Waals surface area contributed by atoms with E-state index in [1.807, 2.05) is 20.0 Å². The zero-order valence-electron chi connectivity index (χ0n) is 14.8. The lowest BCUT2D eigenvalue weighted by Gasteiger charge is -2.24. The minimum Gasteiger partial charge on any atom is -0.355 e. The molecule has 0 unspecified atom stereocenters. The van der Waals surface area contributed by atoms with E-state index in [-0.39, 0.29) is 35.2 Å². The summed E-state index contributed by atoms with van der Waals surface area (Å²) in [4.78, 5) is 10.9. The summed E-state index contributed by atoms with van der Waals surface area (Å²) in [6.45, 7) is 3.50. The van der Waals surface area contributed by atoms with Gasteiger partial charge in [-0.2, -0.15) is 0 Å². The standard InChI is InChI=1S/C18H23FN4S.HI/c1-13-22-16(11-24-13)10-23(3)17(20-2)21-12-18(7-8-18)14-5-4-6-15(19)9-14;/h4-6,9,11H,7-8,10,12H2,1-3H3,(H,20,21);1H. The van der Waals surface area contributed by atoms with Gasteiger partial charge in [-0.3, -0.25) is 4.99 Å². The van der Waals surface area contributed by atoms with Crippen LogP contribution in [0.3, 0.4) is 0 Å². The zero-order chi connectivity index (χ0) is 17.2. The Balaban J connectivity index is 0.00000225. The molecule has 0 amide bonds. The van der Waals surface area contributed by atoms with E-state index in [1.54, 1.807) is 30.5 Å². The number of aryl methyl sites for hydroxylation is 1. The van der Waals surface area contributed by atoms with Crippen LogP contribution in [0.5, 0.6) is 0 Å². The van der Waals surface area contributed by atoms with Gasteiger partial charge in [0.05, 0.1) is 17.2 Å². The molecule has 1 aromatic heterocycles. The molecule has 25 heavy (non-hydrogen) atoms. The first kappa shape index (κ1) is 20.1. The molecule has 3 rings (SSSR count). The van der Waals surface area contributed by atoms with Crippen molar-refractivity contribution in [3.8, 4) is 0 Å². The van der Waals surface area contributed by atoms with Gasteiger partial charge >= 0.3 is 0 Å².